The molecule has 1 rings (SSSR count). The molecule has 1 heterocycles. The van der Waals surface area contributed by atoms with Crippen molar-refractivity contribution in [3.8, 4) is 0 Å². The standard InChI is InChI=1S/C10H16N4OS/c1-3-4-14(6-9(11)16)10(15)8-5-12-13-7(8)2/h5H,3-4,6H2,1-2H3,(H2,11,16)(H,12,13). The lowest BCUT2D eigenvalue weighted by Crippen LogP contribution is -2.38. The minimum Gasteiger partial charge on any atom is -0.392 e. The molecular formula is C10H16N4OS. The van der Waals surface area contributed by atoms with Gasteiger partial charge in [0.05, 0.1) is 23.3 Å². The van der Waals surface area contributed by atoms with Gasteiger partial charge in [-0.15, -0.1) is 0 Å². The Bertz CT molecular complexity index is 388. The Morgan fingerprint density at radius 3 is 2.81 bits per heavy atom. The quantitative estimate of drug-likeness (QED) is 0.748. The highest BCUT2D eigenvalue weighted by Crippen LogP contribution is 2.08. The lowest BCUT2D eigenvalue weighted by Gasteiger charge is -2.20. The van der Waals surface area contributed by atoms with Crippen LogP contribution in [0, 0.1) is 6.92 Å². The van der Waals surface area contributed by atoms with E-state index >= 15 is 0 Å². The van der Waals surface area contributed by atoms with E-state index in [1.54, 1.807) is 4.90 Å². The highest BCUT2D eigenvalue weighted by molar-refractivity contribution is 7.80. The van der Waals surface area contributed by atoms with Crippen LogP contribution in [0.25, 0.3) is 0 Å². The van der Waals surface area contributed by atoms with E-state index in [2.05, 4.69) is 10.2 Å². The van der Waals surface area contributed by atoms with E-state index in [1.807, 2.05) is 13.8 Å². The van der Waals surface area contributed by atoms with Crippen LogP contribution in [0.5, 0.6) is 0 Å². The molecule has 0 radical (unpaired) electrons. The van der Waals surface area contributed by atoms with Crippen molar-refractivity contribution >= 4 is 23.1 Å². The molecule has 5 nitrogen and oxygen atoms in total. The number of amides is 1. The van der Waals surface area contributed by atoms with Crippen LogP contribution < -0.4 is 5.73 Å². The molecule has 0 atom stereocenters. The molecular weight excluding hydrogens is 224 g/mol. The molecule has 0 fully saturated rings. The van der Waals surface area contributed by atoms with Gasteiger partial charge in [-0.3, -0.25) is 9.89 Å². The number of carbonyl (C=O) groups is 1. The predicted molar refractivity (Wildman–Crippen MR) is 66.3 cm³/mol. The number of hydrogen-bond donors (Lipinski definition) is 2. The summed E-state index contributed by atoms with van der Waals surface area (Å²) < 4.78 is 0. The van der Waals surface area contributed by atoms with Crippen molar-refractivity contribution in [2.75, 3.05) is 13.1 Å². The van der Waals surface area contributed by atoms with Crippen molar-refractivity contribution in [3.05, 3.63) is 17.5 Å². The number of nitrogens with one attached hydrogen (secondary N) is 1. The number of aromatic nitrogens is 2. The molecule has 1 aromatic heterocycles. The Kier molecular flexibility index (Phi) is 4.42. The highest BCUT2D eigenvalue weighted by Gasteiger charge is 2.18. The molecule has 0 bridgehead atoms. The van der Waals surface area contributed by atoms with Crippen molar-refractivity contribution in [1.29, 1.82) is 0 Å². The molecule has 0 aliphatic heterocycles. The van der Waals surface area contributed by atoms with Crippen molar-refractivity contribution in [2.24, 2.45) is 5.73 Å². The van der Waals surface area contributed by atoms with Crippen LogP contribution >= 0.6 is 12.2 Å². The van der Waals surface area contributed by atoms with Gasteiger partial charge in [-0.2, -0.15) is 5.10 Å². The van der Waals surface area contributed by atoms with Crippen molar-refractivity contribution in [2.45, 2.75) is 20.3 Å². The molecule has 3 N–H and O–H groups in total. The molecule has 0 aliphatic rings. The maximum atomic E-state index is 12.1. The lowest BCUT2D eigenvalue weighted by molar-refractivity contribution is 0.0779. The first kappa shape index (κ1) is 12.6. The largest absolute Gasteiger partial charge is 0.392 e. The summed E-state index contributed by atoms with van der Waals surface area (Å²) in [7, 11) is 0. The van der Waals surface area contributed by atoms with Crippen LogP contribution in [0.1, 0.15) is 29.4 Å². The van der Waals surface area contributed by atoms with E-state index in [1.165, 1.54) is 6.20 Å². The summed E-state index contributed by atoms with van der Waals surface area (Å²) >= 11 is 4.83. The van der Waals surface area contributed by atoms with E-state index in [0.717, 1.165) is 12.1 Å². The van der Waals surface area contributed by atoms with Gasteiger partial charge in [0.25, 0.3) is 5.91 Å². The third-order valence-electron chi connectivity index (χ3n) is 2.19. The summed E-state index contributed by atoms with van der Waals surface area (Å²) in [6, 6.07) is 0. The van der Waals surface area contributed by atoms with Gasteiger partial charge in [-0.05, 0) is 13.3 Å². The Hall–Kier alpha value is -1.43. The average Bonchev–Trinajstić information content (AvgIpc) is 2.62. The van der Waals surface area contributed by atoms with Crippen molar-refractivity contribution < 1.29 is 4.79 Å². The monoisotopic (exact) mass is 240 g/mol. The summed E-state index contributed by atoms with van der Waals surface area (Å²) in [5.74, 6) is -0.0825. The zero-order valence-electron chi connectivity index (χ0n) is 9.49. The van der Waals surface area contributed by atoms with Gasteiger partial charge in [-0.1, -0.05) is 19.1 Å². The second-order valence-corrected chi connectivity index (χ2v) is 4.13. The van der Waals surface area contributed by atoms with Crippen LogP contribution in [-0.4, -0.2) is 39.1 Å². The Morgan fingerprint density at radius 2 is 2.38 bits per heavy atom. The molecule has 0 unspecified atom stereocenters. The van der Waals surface area contributed by atoms with Crippen molar-refractivity contribution in [1.82, 2.24) is 15.1 Å². The molecule has 1 aromatic rings. The van der Waals surface area contributed by atoms with Gasteiger partial charge in [0.15, 0.2) is 0 Å². The minimum atomic E-state index is -0.0825. The second-order valence-electron chi connectivity index (χ2n) is 3.60. The smallest absolute Gasteiger partial charge is 0.257 e. The van der Waals surface area contributed by atoms with Crippen LogP contribution in [0.2, 0.25) is 0 Å². The third kappa shape index (κ3) is 3.03. The van der Waals surface area contributed by atoms with Gasteiger partial charge in [0, 0.05) is 12.2 Å². The summed E-state index contributed by atoms with van der Waals surface area (Å²) in [5.41, 5.74) is 6.80. The molecule has 0 saturated carbocycles. The number of aromatic amines is 1. The number of hydrogen-bond acceptors (Lipinski definition) is 3. The number of nitrogens with two attached hydrogens (primary N) is 1. The maximum Gasteiger partial charge on any atom is 0.257 e. The Balaban J connectivity index is 2.82. The molecule has 0 aromatic carbocycles. The molecule has 88 valence electrons. The molecule has 0 saturated heterocycles. The minimum absolute atomic E-state index is 0.0825. The number of thiocarbonyl (C=S) groups is 1. The van der Waals surface area contributed by atoms with E-state index in [4.69, 9.17) is 18.0 Å². The fourth-order valence-corrected chi connectivity index (χ4v) is 1.60. The highest BCUT2D eigenvalue weighted by atomic mass is 32.1. The van der Waals surface area contributed by atoms with E-state index in [9.17, 15) is 4.79 Å². The summed E-state index contributed by atoms with van der Waals surface area (Å²) in [5, 5.41) is 6.57. The number of aryl methyl sites for hydroxylation is 1. The molecule has 0 aliphatic carbocycles. The fraction of sp³-hybridized carbons (Fsp3) is 0.500. The molecule has 1 amide bonds. The molecule has 0 spiro atoms. The number of nitrogens with zero attached hydrogens (tertiary/aromatic N) is 2. The van der Waals surface area contributed by atoms with Gasteiger partial charge in [-0.25, -0.2) is 0 Å². The topological polar surface area (TPSA) is 75.0 Å². The van der Waals surface area contributed by atoms with Gasteiger partial charge in [0.1, 0.15) is 0 Å². The normalized spacial score (nSPS) is 10.1. The second kappa shape index (κ2) is 5.60. The summed E-state index contributed by atoms with van der Waals surface area (Å²) in [6.45, 7) is 4.76. The number of H-pyrrole nitrogens is 1. The zero-order valence-corrected chi connectivity index (χ0v) is 10.3. The SMILES string of the molecule is CCCN(CC(N)=S)C(=O)c1cn[nH]c1C. The Morgan fingerprint density at radius 1 is 1.69 bits per heavy atom. The van der Waals surface area contributed by atoms with Crippen LogP contribution in [0.3, 0.4) is 0 Å². The van der Waals surface area contributed by atoms with Crippen LogP contribution in [-0.2, 0) is 0 Å². The average molecular weight is 240 g/mol. The van der Waals surface area contributed by atoms with Gasteiger partial charge in [0.2, 0.25) is 0 Å². The van der Waals surface area contributed by atoms with E-state index in [-0.39, 0.29) is 5.91 Å². The number of rotatable bonds is 5. The first-order chi connectivity index (χ1) is 7.56. The van der Waals surface area contributed by atoms with E-state index < -0.39 is 0 Å². The van der Waals surface area contributed by atoms with E-state index in [0.29, 0.717) is 23.6 Å². The zero-order chi connectivity index (χ0) is 12.1. The van der Waals surface area contributed by atoms with Crippen molar-refractivity contribution in [3.63, 3.8) is 0 Å². The molecule has 6 heteroatoms. The van der Waals surface area contributed by atoms with Crippen LogP contribution in [0.4, 0.5) is 0 Å². The van der Waals surface area contributed by atoms with Gasteiger partial charge < -0.3 is 10.6 Å². The summed E-state index contributed by atoms with van der Waals surface area (Å²) in [6.07, 6.45) is 2.39. The van der Waals surface area contributed by atoms with Gasteiger partial charge >= 0.3 is 0 Å². The summed E-state index contributed by atoms with van der Waals surface area (Å²) in [4.78, 5) is 14.1. The first-order valence-corrected chi connectivity index (χ1v) is 5.54. The maximum absolute atomic E-state index is 12.1. The first-order valence-electron chi connectivity index (χ1n) is 5.13. The number of carbonyl (C=O) groups excluding carboxylic acids is 1. The lowest BCUT2D eigenvalue weighted by atomic mass is 10.2. The fourth-order valence-electron chi connectivity index (χ4n) is 1.45. The van der Waals surface area contributed by atoms with Crippen LogP contribution in [0.15, 0.2) is 6.20 Å². The predicted octanol–water partition coefficient (Wildman–Crippen LogP) is 0.856. The Labute approximate surface area is 100 Å². The molecule has 16 heavy (non-hydrogen) atoms. The third-order valence-corrected chi connectivity index (χ3v) is 2.32.